The Kier molecular flexibility index (Phi) is 2.82. The topological polar surface area (TPSA) is 79.9 Å². The molecule has 0 aliphatic carbocycles. The third-order valence-corrected chi connectivity index (χ3v) is 4.02. The van der Waals surface area contributed by atoms with Gasteiger partial charge in [-0.3, -0.25) is 4.79 Å². The highest BCUT2D eigenvalue weighted by molar-refractivity contribution is 6.00. The lowest BCUT2D eigenvalue weighted by molar-refractivity contribution is -0.140. The molecule has 3 heterocycles. The maximum atomic E-state index is 11.8. The van der Waals surface area contributed by atoms with Crippen molar-refractivity contribution < 1.29 is 9.53 Å². The first-order valence-corrected chi connectivity index (χ1v) is 7.03. The first-order valence-electron chi connectivity index (χ1n) is 7.03. The molecule has 0 radical (unpaired) electrons. The molecule has 1 aliphatic rings. The van der Waals surface area contributed by atoms with E-state index in [0.29, 0.717) is 0 Å². The van der Waals surface area contributed by atoms with Crippen molar-refractivity contribution in [2.75, 3.05) is 12.4 Å². The van der Waals surface area contributed by atoms with Crippen LogP contribution in [0.15, 0.2) is 36.7 Å². The minimum Gasteiger partial charge on any atom is -0.469 e. The zero-order valence-electron chi connectivity index (χ0n) is 12.0. The van der Waals surface area contributed by atoms with Crippen LogP contribution >= 0.6 is 0 Å². The van der Waals surface area contributed by atoms with Crippen LogP contribution in [0.3, 0.4) is 0 Å². The third kappa shape index (κ3) is 1.84. The fourth-order valence-electron chi connectivity index (χ4n) is 3.00. The molecule has 0 bridgehead atoms. The second kappa shape index (κ2) is 4.84. The maximum absolute atomic E-state index is 11.8. The Morgan fingerprint density at radius 1 is 1.32 bits per heavy atom. The zero-order valence-corrected chi connectivity index (χ0v) is 12.0. The Hall–Kier alpha value is -2.89. The van der Waals surface area contributed by atoms with Crippen molar-refractivity contribution >= 4 is 22.7 Å². The normalized spacial score (nSPS) is 15.8. The number of aromatic nitrogens is 3. The molecule has 0 fully saturated rings. The van der Waals surface area contributed by atoms with Gasteiger partial charge < -0.3 is 15.0 Å². The fourth-order valence-corrected chi connectivity index (χ4v) is 3.00. The minimum absolute atomic E-state index is 0.173. The molecule has 2 N–H and O–H groups in total. The number of carbonyl (C=O) groups is 1. The summed E-state index contributed by atoms with van der Waals surface area (Å²) in [5.41, 5.74) is 4.76. The van der Waals surface area contributed by atoms with E-state index in [2.05, 4.69) is 20.5 Å². The van der Waals surface area contributed by atoms with Crippen LogP contribution in [0.25, 0.3) is 22.2 Å². The van der Waals surface area contributed by atoms with Gasteiger partial charge in [0.05, 0.1) is 25.8 Å². The van der Waals surface area contributed by atoms with E-state index in [-0.39, 0.29) is 18.4 Å². The molecule has 1 aromatic carbocycles. The van der Waals surface area contributed by atoms with Crippen LogP contribution < -0.4 is 5.32 Å². The van der Waals surface area contributed by atoms with E-state index in [1.165, 1.54) is 7.11 Å². The summed E-state index contributed by atoms with van der Waals surface area (Å²) >= 11 is 0. The van der Waals surface area contributed by atoms with Crippen molar-refractivity contribution in [2.45, 2.75) is 12.5 Å². The second-order valence-corrected chi connectivity index (χ2v) is 5.25. The molecular formula is C16H14N4O2. The molecule has 1 aliphatic heterocycles. The molecule has 2 aromatic heterocycles. The molecule has 0 saturated heterocycles. The number of carbonyl (C=O) groups excluding carboxylic acids is 1. The van der Waals surface area contributed by atoms with E-state index in [1.807, 2.05) is 30.5 Å². The monoisotopic (exact) mass is 294 g/mol. The smallest absolute Gasteiger partial charge is 0.307 e. The van der Waals surface area contributed by atoms with Gasteiger partial charge in [0.2, 0.25) is 0 Å². The van der Waals surface area contributed by atoms with E-state index < -0.39 is 0 Å². The molecule has 110 valence electrons. The SMILES string of the molecule is COC(=O)CC1Nc2ccccc2-c2cnnc3[nH]cc1c23. The maximum Gasteiger partial charge on any atom is 0.307 e. The standard InChI is InChI=1S/C16H14N4O2/c1-22-14(21)6-13-11-7-17-16-15(11)10(8-18-20-16)9-4-2-3-5-12(9)19-13/h2-5,7-8,13,19H,6H2,1H3,(H,17,20). The Morgan fingerprint density at radius 3 is 3.05 bits per heavy atom. The van der Waals surface area contributed by atoms with Gasteiger partial charge in [0, 0.05) is 34.0 Å². The molecule has 0 spiro atoms. The number of fused-ring (bicyclic) bond motifs is 2. The highest BCUT2D eigenvalue weighted by Crippen LogP contribution is 2.41. The lowest BCUT2D eigenvalue weighted by Crippen LogP contribution is -2.15. The van der Waals surface area contributed by atoms with E-state index in [4.69, 9.17) is 4.74 Å². The number of anilines is 1. The number of ether oxygens (including phenoxy) is 1. The summed E-state index contributed by atoms with van der Waals surface area (Å²) in [4.78, 5) is 14.9. The van der Waals surface area contributed by atoms with E-state index in [0.717, 1.165) is 33.4 Å². The molecule has 22 heavy (non-hydrogen) atoms. The van der Waals surface area contributed by atoms with Crippen molar-refractivity contribution in [3.05, 3.63) is 42.2 Å². The van der Waals surface area contributed by atoms with Gasteiger partial charge in [-0.15, -0.1) is 5.10 Å². The van der Waals surface area contributed by atoms with Crippen LogP contribution in [0.1, 0.15) is 18.0 Å². The summed E-state index contributed by atoms with van der Waals surface area (Å²) in [6.45, 7) is 0. The molecule has 4 rings (SSSR count). The first kappa shape index (κ1) is 12.8. The van der Waals surface area contributed by atoms with Crippen LogP contribution in [0.4, 0.5) is 5.69 Å². The summed E-state index contributed by atoms with van der Waals surface area (Å²) < 4.78 is 4.83. The summed E-state index contributed by atoms with van der Waals surface area (Å²) in [7, 11) is 1.40. The van der Waals surface area contributed by atoms with Crippen LogP contribution in [-0.4, -0.2) is 28.3 Å². The van der Waals surface area contributed by atoms with Crippen molar-refractivity contribution in [2.24, 2.45) is 0 Å². The quantitative estimate of drug-likeness (QED) is 0.710. The van der Waals surface area contributed by atoms with Gasteiger partial charge in [0.25, 0.3) is 0 Å². The number of aromatic amines is 1. The van der Waals surface area contributed by atoms with Gasteiger partial charge in [-0.1, -0.05) is 18.2 Å². The van der Waals surface area contributed by atoms with Gasteiger partial charge in [-0.2, -0.15) is 5.10 Å². The lowest BCUT2D eigenvalue weighted by Gasteiger charge is -2.17. The number of nitrogens with zero attached hydrogens (tertiary/aromatic N) is 2. The molecule has 6 nitrogen and oxygen atoms in total. The average Bonchev–Trinajstić information content (AvgIpc) is 2.93. The molecule has 6 heteroatoms. The molecular weight excluding hydrogens is 280 g/mol. The molecule has 3 aromatic rings. The van der Waals surface area contributed by atoms with Gasteiger partial charge in [0.15, 0.2) is 5.65 Å². The number of nitrogens with one attached hydrogen (secondary N) is 2. The lowest BCUT2D eigenvalue weighted by atomic mass is 10.0. The van der Waals surface area contributed by atoms with Crippen LogP contribution in [0, 0.1) is 0 Å². The number of benzene rings is 1. The minimum atomic E-state index is -0.255. The van der Waals surface area contributed by atoms with Crippen LogP contribution in [-0.2, 0) is 9.53 Å². The van der Waals surface area contributed by atoms with Crippen molar-refractivity contribution in [1.29, 1.82) is 0 Å². The molecule has 1 unspecified atom stereocenters. The average molecular weight is 294 g/mol. The number of hydrogen-bond donors (Lipinski definition) is 2. The van der Waals surface area contributed by atoms with Crippen molar-refractivity contribution in [3.8, 4) is 11.1 Å². The number of rotatable bonds is 2. The Balaban J connectivity index is 1.97. The Labute approximate surface area is 126 Å². The second-order valence-electron chi connectivity index (χ2n) is 5.25. The highest BCUT2D eigenvalue weighted by atomic mass is 16.5. The van der Waals surface area contributed by atoms with E-state index in [9.17, 15) is 4.79 Å². The number of H-pyrrole nitrogens is 1. The van der Waals surface area contributed by atoms with Gasteiger partial charge in [-0.05, 0) is 6.07 Å². The number of esters is 1. The fraction of sp³-hybridized carbons (Fsp3) is 0.188. The molecule has 0 saturated carbocycles. The Bertz CT molecular complexity index is 871. The number of para-hydroxylation sites is 1. The Morgan fingerprint density at radius 2 is 2.18 bits per heavy atom. The molecule has 0 amide bonds. The third-order valence-electron chi connectivity index (χ3n) is 4.02. The van der Waals surface area contributed by atoms with E-state index in [1.54, 1.807) is 6.20 Å². The van der Waals surface area contributed by atoms with Gasteiger partial charge in [0.1, 0.15) is 0 Å². The number of methoxy groups -OCH3 is 1. The van der Waals surface area contributed by atoms with Gasteiger partial charge in [-0.25, -0.2) is 0 Å². The summed E-state index contributed by atoms with van der Waals surface area (Å²) in [6, 6.07) is 7.82. The predicted octanol–water partition coefficient (Wildman–Crippen LogP) is 2.65. The molecule has 1 atom stereocenters. The van der Waals surface area contributed by atoms with Crippen molar-refractivity contribution in [3.63, 3.8) is 0 Å². The van der Waals surface area contributed by atoms with Crippen LogP contribution in [0.5, 0.6) is 0 Å². The number of hydrogen-bond acceptors (Lipinski definition) is 5. The first-order chi connectivity index (χ1) is 10.8. The van der Waals surface area contributed by atoms with Crippen molar-refractivity contribution in [1.82, 2.24) is 15.2 Å². The van der Waals surface area contributed by atoms with Gasteiger partial charge >= 0.3 is 5.97 Å². The summed E-state index contributed by atoms with van der Waals surface area (Å²) in [5.74, 6) is -0.255. The predicted molar refractivity (Wildman–Crippen MR) is 82.3 cm³/mol. The summed E-state index contributed by atoms with van der Waals surface area (Å²) in [5, 5.41) is 12.7. The van der Waals surface area contributed by atoms with E-state index >= 15 is 0 Å². The highest BCUT2D eigenvalue weighted by Gasteiger charge is 2.26. The zero-order chi connectivity index (χ0) is 15.1. The largest absolute Gasteiger partial charge is 0.469 e. The summed E-state index contributed by atoms with van der Waals surface area (Å²) in [6.07, 6.45) is 3.90. The van der Waals surface area contributed by atoms with Crippen LogP contribution in [0.2, 0.25) is 0 Å².